The van der Waals surface area contributed by atoms with Crippen molar-refractivity contribution in [2.75, 3.05) is 19.8 Å². The molecule has 15 heteroatoms. The Morgan fingerprint density at radius 1 is 0.780 bits per heavy atom. The molecule has 0 aromatic heterocycles. The van der Waals surface area contributed by atoms with Crippen LogP contribution in [0.5, 0.6) is 0 Å². The number of aliphatic hydroxyl groups excluding tert-OH is 4. The van der Waals surface area contributed by atoms with Crippen LogP contribution >= 0.6 is 0 Å². The van der Waals surface area contributed by atoms with E-state index >= 15 is 0 Å². The zero-order valence-electron chi connectivity index (χ0n) is 30.6. The number of carbonyl (C=O) groups is 4. The number of ether oxygens (including phenoxy) is 7. The van der Waals surface area contributed by atoms with Crippen LogP contribution in [-0.4, -0.2) is 119 Å². The fourth-order valence-electron chi connectivity index (χ4n) is 5.79. The molecule has 0 aliphatic carbocycles. The van der Waals surface area contributed by atoms with E-state index in [-0.39, 0.29) is 18.8 Å². The van der Waals surface area contributed by atoms with Gasteiger partial charge in [-0.3, -0.25) is 19.2 Å². The second-order valence-electron chi connectivity index (χ2n) is 13.9. The van der Waals surface area contributed by atoms with Crippen LogP contribution in [0.1, 0.15) is 106 Å². The van der Waals surface area contributed by atoms with Crippen molar-refractivity contribution in [1.29, 1.82) is 0 Å². The molecule has 0 aromatic rings. The van der Waals surface area contributed by atoms with Crippen LogP contribution < -0.4 is 0 Å². The van der Waals surface area contributed by atoms with E-state index in [0.29, 0.717) is 18.8 Å². The Bertz CT molecular complexity index is 1070. The third-order valence-corrected chi connectivity index (χ3v) is 9.16. The van der Waals surface area contributed by atoms with E-state index in [2.05, 4.69) is 13.8 Å². The lowest BCUT2D eigenvalue weighted by Gasteiger charge is -2.46. The number of rotatable bonds is 21. The van der Waals surface area contributed by atoms with E-state index in [1.54, 1.807) is 27.7 Å². The summed E-state index contributed by atoms with van der Waals surface area (Å²) in [5.74, 6) is -5.50. The molecule has 2 heterocycles. The van der Waals surface area contributed by atoms with Gasteiger partial charge in [0.15, 0.2) is 24.4 Å². The number of hydrogen-bond acceptors (Lipinski definition) is 15. The molecule has 0 saturated carbocycles. The first-order valence-electron chi connectivity index (χ1n) is 17.9. The molecule has 2 saturated heterocycles. The first kappa shape index (κ1) is 43.8. The molecule has 2 aliphatic heterocycles. The summed E-state index contributed by atoms with van der Waals surface area (Å²) >= 11 is 0. The first-order chi connectivity index (χ1) is 23.7. The Balaban J connectivity index is 2.42. The predicted octanol–water partition coefficient (Wildman–Crippen LogP) is 2.31. The molecule has 2 fully saturated rings. The Kier molecular flexibility index (Phi) is 18.6. The van der Waals surface area contributed by atoms with Crippen LogP contribution in [0.15, 0.2) is 0 Å². The van der Waals surface area contributed by atoms with E-state index in [1.165, 1.54) is 0 Å². The summed E-state index contributed by atoms with van der Waals surface area (Å²) in [6, 6.07) is 0. The maximum Gasteiger partial charge on any atom is 0.309 e. The zero-order valence-corrected chi connectivity index (χ0v) is 30.6. The van der Waals surface area contributed by atoms with Crippen LogP contribution in [-0.2, 0) is 52.3 Å². The number of esters is 4. The molecule has 11 atom stereocenters. The quantitative estimate of drug-likeness (QED) is 0.0761. The second kappa shape index (κ2) is 21.2. The fraction of sp³-hybridized carbons (Fsp3) is 0.886. The zero-order chi connectivity index (χ0) is 37.6. The average molecular weight is 721 g/mol. The van der Waals surface area contributed by atoms with Gasteiger partial charge in [0.1, 0.15) is 24.9 Å². The Labute approximate surface area is 295 Å². The van der Waals surface area contributed by atoms with Gasteiger partial charge in [-0.1, -0.05) is 73.6 Å². The van der Waals surface area contributed by atoms with Gasteiger partial charge in [0, 0.05) is 19.8 Å². The van der Waals surface area contributed by atoms with Gasteiger partial charge in [0.25, 0.3) is 0 Å². The molecule has 2 rings (SSSR count). The Hall–Kier alpha value is -2.40. The number of hydrogen-bond donors (Lipinski definition) is 4. The lowest BCUT2D eigenvalue weighted by Crippen LogP contribution is -2.65. The minimum Gasteiger partial charge on any atom is -0.455 e. The normalized spacial score (nSPS) is 30.8. The summed E-state index contributed by atoms with van der Waals surface area (Å²) in [5, 5.41) is 42.0. The average Bonchev–Trinajstić information content (AvgIpc) is 3.33. The molecule has 2 unspecified atom stereocenters. The highest BCUT2D eigenvalue weighted by molar-refractivity contribution is 5.73. The standard InChI is InChI=1S/C35H60O15/c1-8-21(5)14-12-10-11-13-15-26(40)47-32-28(42)24(17-36)49-35(32,19-38)50-34-31(44-23(7)39)30(48-33(43)22(6)9-2)29(25(18-37)45-34)46-27(41)16-20(3)4/h20-22,24-25,28-32,34,36-38,42H,8-19H2,1-7H3/t21?,22?,24-,25-,28-,29-,30+,31-,32+,34-,35+/m1/s1. The maximum absolute atomic E-state index is 13.1. The van der Waals surface area contributed by atoms with Gasteiger partial charge < -0.3 is 53.6 Å². The van der Waals surface area contributed by atoms with Crippen LogP contribution in [0.2, 0.25) is 0 Å². The van der Waals surface area contributed by atoms with Crippen LogP contribution in [0, 0.1) is 17.8 Å². The van der Waals surface area contributed by atoms with Crippen molar-refractivity contribution in [2.45, 2.75) is 161 Å². The molecule has 0 spiro atoms. The highest BCUT2D eigenvalue weighted by Gasteiger charge is 2.62. The van der Waals surface area contributed by atoms with Crippen molar-refractivity contribution in [2.24, 2.45) is 17.8 Å². The summed E-state index contributed by atoms with van der Waals surface area (Å²) in [5.41, 5.74) is 0. The van der Waals surface area contributed by atoms with Crippen molar-refractivity contribution in [3.63, 3.8) is 0 Å². The summed E-state index contributed by atoms with van der Waals surface area (Å²) in [7, 11) is 0. The van der Waals surface area contributed by atoms with Gasteiger partial charge in [-0.2, -0.15) is 0 Å². The highest BCUT2D eigenvalue weighted by Crippen LogP contribution is 2.40. The van der Waals surface area contributed by atoms with Gasteiger partial charge in [0.2, 0.25) is 12.1 Å². The SMILES string of the molecule is CCC(C)CCCCCCC(=O)O[C@H]1[C@H](O)[C@@H](CO)O[C@@]1(CO)O[C@H]1O[C@H](CO)[C@@H](OC(=O)CC(C)C)[C@H](OC(=O)C(C)CC)[C@H]1OC(C)=O. The minimum atomic E-state index is -2.38. The number of carbonyl (C=O) groups excluding carboxylic acids is 4. The van der Waals surface area contributed by atoms with Crippen LogP contribution in [0.4, 0.5) is 0 Å². The summed E-state index contributed by atoms with van der Waals surface area (Å²) in [4.78, 5) is 51.3. The monoisotopic (exact) mass is 720 g/mol. The largest absolute Gasteiger partial charge is 0.455 e. The lowest BCUT2D eigenvalue weighted by molar-refractivity contribution is -0.384. The molecule has 15 nitrogen and oxygen atoms in total. The van der Waals surface area contributed by atoms with Crippen LogP contribution in [0.3, 0.4) is 0 Å². The third kappa shape index (κ3) is 12.4. The Morgan fingerprint density at radius 2 is 1.44 bits per heavy atom. The molecule has 4 N–H and O–H groups in total. The first-order valence-corrected chi connectivity index (χ1v) is 17.9. The number of aliphatic hydroxyl groups is 4. The van der Waals surface area contributed by atoms with Gasteiger partial charge in [-0.15, -0.1) is 0 Å². The van der Waals surface area contributed by atoms with Crippen molar-refractivity contribution in [3.05, 3.63) is 0 Å². The smallest absolute Gasteiger partial charge is 0.309 e. The van der Waals surface area contributed by atoms with Gasteiger partial charge >= 0.3 is 23.9 Å². The second-order valence-corrected chi connectivity index (χ2v) is 13.9. The predicted molar refractivity (Wildman–Crippen MR) is 176 cm³/mol. The molecule has 290 valence electrons. The minimum absolute atomic E-state index is 0.00248. The van der Waals surface area contributed by atoms with Gasteiger partial charge in [0.05, 0.1) is 19.1 Å². The molecule has 0 aromatic carbocycles. The molecule has 50 heavy (non-hydrogen) atoms. The van der Waals surface area contributed by atoms with Crippen molar-refractivity contribution >= 4 is 23.9 Å². The fourth-order valence-corrected chi connectivity index (χ4v) is 5.79. The van der Waals surface area contributed by atoms with Crippen molar-refractivity contribution in [1.82, 2.24) is 0 Å². The van der Waals surface area contributed by atoms with E-state index in [1.807, 2.05) is 0 Å². The van der Waals surface area contributed by atoms with E-state index in [0.717, 1.165) is 39.0 Å². The summed E-state index contributed by atoms with van der Waals surface area (Å²) in [6.07, 6.45) is -6.87. The molecular weight excluding hydrogens is 660 g/mol. The lowest BCUT2D eigenvalue weighted by atomic mass is 9.97. The van der Waals surface area contributed by atoms with Crippen LogP contribution in [0.25, 0.3) is 0 Å². The highest BCUT2D eigenvalue weighted by atomic mass is 16.8. The maximum atomic E-state index is 13.1. The number of unbranched alkanes of at least 4 members (excludes halogenated alkanes) is 3. The molecular formula is C35H60O15. The van der Waals surface area contributed by atoms with E-state index in [9.17, 15) is 39.6 Å². The molecule has 2 aliphatic rings. The molecule has 0 radical (unpaired) electrons. The summed E-state index contributed by atoms with van der Waals surface area (Å²) < 4.78 is 40.4. The van der Waals surface area contributed by atoms with Gasteiger partial charge in [-0.05, 0) is 24.7 Å². The molecule has 0 bridgehead atoms. The third-order valence-electron chi connectivity index (χ3n) is 9.16. The van der Waals surface area contributed by atoms with Gasteiger partial charge in [-0.25, -0.2) is 0 Å². The van der Waals surface area contributed by atoms with Crippen molar-refractivity contribution < 1.29 is 72.8 Å². The van der Waals surface area contributed by atoms with E-state index in [4.69, 9.17) is 33.2 Å². The Morgan fingerprint density at radius 3 is 2.00 bits per heavy atom. The van der Waals surface area contributed by atoms with Crippen molar-refractivity contribution in [3.8, 4) is 0 Å². The van der Waals surface area contributed by atoms with E-state index < -0.39 is 104 Å². The topological polar surface area (TPSA) is 214 Å². The molecule has 0 amide bonds. The summed E-state index contributed by atoms with van der Waals surface area (Å²) in [6.45, 7) is 9.76.